The van der Waals surface area contributed by atoms with Crippen LogP contribution in [-0.2, 0) is 4.79 Å². The monoisotopic (exact) mass is 326 g/mol. The standard InChI is InChI=1S/C16H28N3O2S/c1-2-3-4-7-10-17-14(20)9-6-5-8-13-15-12(11-22-13)18-16(21)19-15/h12-13,15H,1-11H2,(H,17,20)(H2,18,19,21)/t12-,13-,15-/m0/s1. The van der Waals surface area contributed by atoms with Crippen LogP contribution in [0.5, 0.6) is 0 Å². The van der Waals surface area contributed by atoms with Crippen molar-refractivity contribution in [3.05, 3.63) is 6.92 Å². The molecule has 0 aromatic heterocycles. The second-order valence-electron chi connectivity index (χ2n) is 6.13. The molecular weight excluding hydrogens is 298 g/mol. The van der Waals surface area contributed by atoms with Crippen molar-refractivity contribution in [1.29, 1.82) is 0 Å². The smallest absolute Gasteiger partial charge is 0.315 e. The van der Waals surface area contributed by atoms with Gasteiger partial charge in [-0.15, -0.1) is 0 Å². The maximum absolute atomic E-state index is 11.7. The molecule has 2 saturated heterocycles. The highest BCUT2D eigenvalue weighted by Crippen LogP contribution is 2.33. The Labute approximate surface area is 137 Å². The lowest BCUT2D eigenvalue weighted by atomic mass is 10.0. The van der Waals surface area contributed by atoms with Crippen molar-refractivity contribution in [2.75, 3.05) is 12.3 Å². The summed E-state index contributed by atoms with van der Waals surface area (Å²) >= 11 is 1.93. The Balaban J connectivity index is 1.49. The van der Waals surface area contributed by atoms with Crippen LogP contribution >= 0.6 is 11.8 Å². The highest BCUT2D eigenvalue weighted by atomic mass is 32.2. The van der Waals surface area contributed by atoms with E-state index in [1.807, 2.05) is 11.8 Å². The summed E-state index contributed by atoms with van der Waals surface area (Å²) in [6.07, 6.45) is 7.98. The summed E-state index contributed by atoms with van der Waals surface area (Å²) in [7, 11) is 0. The molecule has 22 heavy (non-hydrogen) atoms. The van der Waals surface area contributed by atoms with Crippen molar-refractivity contribution in [3.63, 3.8) is 0 Å². The summed E-state index contributed by atoms with van der Waals surface area (Å²) in [5.41, 5.74) is 0. The Morgan fingerprint density at radius 3 is 2.91 bits per heavy atom. The fourth-order valence-corrected chi connectivity index (χ4v) is 4.61. The molecule has 0 aliphatic carbocycles. The summed E-state index contributed by atoms with van der Waals surface area (Å²) in [6.45, 7) is 4.60. The molecule has 0 aromatic rings. The van der Waals surface area contributed by atoms with E-state index in [0.717, 1.165) is 57.2 Å². The summed E-state index contributed by atoms with van der Waals surface area (Å²) in [4.78, 5) is 23.0. The van der Waals surface area contributed by atoms with E-state index >= 15 is 0 Å². The Kier molecular flexibility index (Phi) is 7.36. The van der Waals surface area contributed by atoms with Crippen molar-refractivity contribution in [2.45, 2.75) is 68.7 Å². The number of amides is 3. The number of carbonyl (C=O) groups excluding carboxylic acids is 2. The fraction of sp³-hybridized carbons (Fsp3) is 0.812. The molecule has 6 heteroatoms. The molecule has 2 aliphatic rings. The lowest BCUT2D eigenvalue weighted by Crippen LogP contribution is -2.36. The lowest BCUT2D eigenvalue weighted by Gasteiger charge is -2.16. The van der Waals surface area contributed by atoms with Gasteiger partial charge in [0.2, 0.25) is 5.91 Å². The molecule has 125 valence electrons. The van der Waals surface area contributed by atoms with Crippen LogP contribution in [0.3, 0.4) is 0 Å². The molecular formula is C16H28N3O2S. The number of urea groups is 1. The van der Waals surface area contributed by atoms with Crippen LogP contribution in [0.25, 0.3) is 0 Å². The molecule has 2 fully saturated rings. The molecule has 3 atom stereocenters. The van der Waals surface area contributed by atoms with E-state index in [4.69, 9.17) is 0 Å². The third-order valence-corrected chi connectivity index (χ3v) is 5.84. The summed E-state index contributed by atoms with van der Waals surface area (Å²) in [5.74, 6) is 1.17. The normalized spacial score (nSPS) is 26.4. The van der Waals surface area contributed by atoms with Gasteiger partial charge < -0.3 is 16.0 Å². The first-order valence-electron chi connectivity index (χ1n) is 8.45. The molecule has 2 rings (SSSR count). The van der Waals surface area contributed by atoms with E-state index in [1.165, 1.54) is 0 Å². The molecule has 2 aliphatic heterocycles. The van der Waals surface area contributed by atoms with Crippen molar-refractivity contribution in [3.8, 4) is 0 Å². The quantitative estimate of drug-likeness (QED) is 0.426. The molecule has 3 amide bonds. The van der Waals surface area contributed by atoms with Gasteiger partial charge in [-0.3, -0.25) is 4.79 Å². The topological polar surface area (TPSA) is 70.2 Å². The van der Waals surface area contributed by atoms with E-state index in [9.17, 15) is 9.59 Å². The van der Waals surface area contributed by atoms with Crippen molar-refractivity contribution in [2.24, 2.45) is 0 Å². The zero-order chi connectivity index (χ0) is 15.8. The zero-order valence-corrected chi connectivity index (χ0v) is 14.1. The van der Waals surface area contributed by atoms with Gasteiger partial charge in [0.1, 0.15) is 0 Å². The Morgan fingerprint density at radius 2 is 2.09 bits per heavy atom. The Morgan fingerprint density at radius 1 is 1.23 bits per heavy atom. The number of fused-ring (bicyclic) bond motifs is 1. The van der Waals surface area contributed by atoms with Gasteiger partial charge in [-0.25, -0.2) is 4.79 Å². The van der Waals surface area contributed by atoms with Gasteiger partial charge in [0.25, 0.3) is 0 Å². The number of rotatable bonds is 10. The van der Waals surface area contributed by atoms with Crippen LogP contribution in [0.15, 0.2) is 0 Å². The van der Waals surface area contributed by atoms with Gasteiger partial charge in [-0.1, -0.05) is 32.6 Å². The zero-order valence-electron chi connectivity index (χ0n) is 13.2. The second kappa shape index (κ2) is 9.28. The molecule has 0 saturated carbocycles. The number of hydrogen-bond donors (Lipinski definition) is 3. The molecule has 0 spiro atoms. The van der Waals surface area contributed by atoms with Gasteiger partial charge >= 0.3 is 6.03 Å². The van der Waals surface area contributed by atoms with Crippen LogP contribution < -0.4 is 16.0 Å². The minimum atomic E-state index is -0.0291. The fourth-order valence-electron chi connectivity index (χ4n) is 3.07. The summed E-state index contributed by atoms with van der Waals surface area (Å²) in [6, 6.07) is 0.544. The molecule has 0 bridgehead atoms. The van der Waals surface area contributed by atoms with Gasteiger partial charge in [0, 0.05) is 24.0 Å². The van der Waals surface area contributed by atoms with Crippen LogP contribution in [0.4, 0.5) is 4.79 Å². The number of nitrogens with one attached hydrogen (secondary N) is 3. The van der Waals surface area contributed by atoms with E-state index in [-0.39, 0.29) is 18.0 Å². The summed E-state index contributed by atoms with van der Waals surface area (Å²) in [5, 5.41) is 9.44. The molecule has 2 heterocycles. The number of carbonyl (C=O) groups is 2. The van der Waals surface area contributed by atoms with Crippen molar-refractivity contribution in [1.82, 2.24) is 16.0 Å². The van der Waals surface area contributed by atoms with Gasteiger partial charge in [0.05, 0.1) is 12.1 Å². The minimum absolute atomic E-state index is 0.0291. The lowest BCUT2D eigenvalue weighted by molar-refractivity contribution is -0.121. The molecule has 0 aromatic carbocycles. The van der Waals surface area contributed by atoms with Gasteiger partial charge in [-0.2, -0.15) is 11.8 Å². The van der Waals surface area contributed by atoms with Crippen LogP contribution in [0.2, 0.25) is 0 Å². The first-order chi connectivity index (χ1) is 10.7. The Hall–Kier alpha value is -0.910. The third kappa shape index (κ3) is 5.38. The molecule has 5 nitrogen and oxygen atoms in total. The van der Waals surface area contributed by atoms with E-state index in [2.05, 4.69) is 22.9 Å². The average Bonchev–Trinajstić information content (AvgIpc) is 3.03. The molecule has 0 unspecified atom stereocenters. The third-order valence-electron chi connectivity index (χ3n) is 4.33. The maximum atomic E-state index is 11.7. The van der Waals surface area contributed by atoms with Gasteiger partial charge in [0.15, 0.2) is 0 Å². The average molecular weight is 326 g/mol. The van der Waals surface area contributed by atoms with Gasteiger partial charge in [-0.05, 0) is 19.3 Å². The highest BCUT2D eigenvalue weighted by Gasteiger charge is 2.42. The molecule has 1 radical (unpaired) electrons. The largest absolute Gasteiger partial charge is 0.356 e. The molecule has 3 N–H and O–H groups in total. The van der Waals surface area contributed by atoms with E-state index in [0.29, 0.717) is 17.7 Å². The van der Waals surface area contributed by atoms with Crippen LogP contribution in [0, 0.1) is 6.92 Å². The minimum Gasteiger partial charge on any atom is -0.356 e. The van der Waals surface area contributed by atoms with E-state index in [1.54, 1.807) is 0 Å². The highest BCUT2D eigenvalue weighted by molar-refractivity contribution is 8.00. The van der Waals surface area contributed by atoms with E-state index < -0.39 is 0 Å². The predicted molar refractivity (Wildman–Crippen MR) is 90.8 cm³/mol. The predicted octanol–water partition coefficient (Wildman–Crippen LogP) is 2.22. The van der Waals surface area contributed by atoms with Crippen molar-refractivity contribution >= 4 is 23.7 Å². The number of unbranched alkanes of at least 4 members (excludes halogenated alkanes) is 4. The first-order valence-corrected chi connectivity index (χ1v) is 9.50. The summed E-state index contributed by atoms with van der Waals surface area (Å²) < 4.78 is 0. The Bertz CT molecular complexity index is 378. The first kappa shape index (κ1) is 17.4. The van der Waals surface area contributed by atoms with Crippen LogP contribution in [-0.4, -0.2) is 41.6 Å². The van der Waals surface area contributed by atoms with Crippen molar-refractivity contribution < 1.29 is 9.59 Å². The SMILES string of the molecule is [CH2]CCCCCNC(=O)CCCC[C@@H]1SC[C@@H]2NC(=O)N[C@@H]21. The maximum Gasteiger partial charge on any atom is 0.315 e. The van der Waals surface area contributed by atoms with Crippen LogP contribution in [0.1, 0.15) is 51.4 Å². The number of thioether (sulfide) groups is 1. The number of hydrogen-bond acceptors (Lipinski definition) is 3. The second-order valence-corrected chi connectivity index (χ2v) is 7.40.